The Morgan fingerprint density at radius 1 is 1.10 bits per heavy atom. The number of aryl methyl sites for hydroxylation is 1. The highest BCUT2D eigenvalue weighted by atomic mass is 16.3. The lowest BCUT2D eigenvalue weighted by Gasteiger charge is -2.24. The molecule has 0 radical (unpaired) electrons. The van der Waals surface area contributed by atoms with Crippen LogP contribution in [0.25, 0.3) is 0 Å². The summed E-state index contributed by atoms with van der Waals surface area (Å²) >= 11 is 0. The van der Waals surface area contributed by atoms with Gasteiger partial charge in [-0.25, -0.2) is 0 Å². The zero-order chi connectivity index (χ0) is 14.5. The van der Waals surface area contributed by atoms with E-state index in [0.29, 0.717) is 5.75 Å². The van der Waals surface area contributed by atoms with E-state index >= 15 is 0 Å². The van der Waals surface area contributed by atoms with E-state index in [0.717, 1.165) is 12.0 Å². The largest absolute Gasteiger partial charge is 0.508 e. The third kappa shape index (κ3) is 3.40. The average Bonchev–Trinajstić information content (AvgIpc) is 2.45. The molecule has 2 nitrogen and oxygen atoms in total. The molecule has 2 N–H and O–H groups in total. The van der Waals surface area contributed by atoms with Gasteiger partial charge in [0.05, 0.1) is 0 Å². The van der Waals surface area contributed by atoms with Crippen LogP contribution in [0.2, 0.25) is 0 Å². The number of hydrogen-bond acceptors (Lipinski definition) is 2. The van der Waals surface area contributed by atoms with E-state index in [2.05, 4.69) is 50.4 Å². The number of nitrogens with one attached hydrogen (secondary N) is 1. The SMILES string of the molecule is CCC(N[C@@H](C)c1cccc(C)c1)c1ccccc1O. The first-order valence-electron chi connectivity index (χ1n) is 7.22. The third-order valence-corrected chi connectivity index (χ3v) is 3.71. The fourth-order valence-corrected chi connectivity index (χ4v) is 2.55. The monoisotopic (exact) mass is 269 g/mol. The van der Waals surface area contributed by atoms with Crippen molar-refractivity contribution in [1.29, 1.82) is 0 Å². The van der Waals surface area contributed by atoms with Crippen LogP contribution in [0.5, 0.6) is 5.75 Å². The van der Waals surface area contributed by atoms with Crippen molar-refractivity contribution in [1.82, 2.24) is 5.32 Å². The van der Waals surface area contributed by atoms with Gasteiger partial charge in [-0.05, 0) is 31.9 Å². The maximum atomic E-state index is 10.00. The molecule has 2 aromatic carbocycles. The van der Waals surface area contributed by atoms with Gasteiger partial charge in [0.15, 0.2) is 0 Å². The Morgan fingerprint density at radius 3 is 2.50 bits per heavy atom. The van der Waals surface area contributed by atoms with Crippen molar-refractivity contribution in [3.63, 3.8) is 0 Å². The predicted molar refractivity (Wildman–Crippen MR) is 83.9 cm³/mol. The minimum Gasteiger partial charge on any atom is -0.508 e. The zero-order valence-electron chi connectivity index (χ0n) is 12.4. The van der Waals surface area contributed by atoms with Crippen LogP contribution in [0.15, 0.2) is 48.5 Å². The van der Waals surface area contributed by atoms with Crippen molar-refractivity contribution in [2.45, 2.75) is 39.3 Å². The van der Waals surface area contributed by atoms with Gasteiger partial charge < -0.3 is 10.4 Å². The summed E-state index contributed by atoms with van der Waals surface area (Å²) in [5, 5.41) is 13.6. The number of phenols is 1. The molecule has 0 spiro atoms. The molecule has 0 aliphatic rings. The number of rotatable bonds is 5. The smallest absolute Gasteiger partial charge is 0.120 e. The van der Waals surface area contributed by atoms with E-state index in [9.17, 15) is 5.11 Å². The van der Waals surface area contributed by atoms with Gasteiger partial charge >= 0.3 is 0 Å². The van der Waals surface area contributed by atoms with Crippen LogP contribution in [-0.2, 0) is 0 Å². The van der Waals surface area contributed by atoms with E-state index < -0.39 is 0 Å². The van der Waals surface area contributed by atoms with Gasteiger partial charge in [-0.1, -0.05) is 55.0 Å². The molecule has 2 rings (SSSR count). The second-order valence-electron chi connectivity index (χ2n) is 5.32. The molecular formula is C18H23NO. The first-order chi connectivity index (χ1) is 9.61. The summed E-state index contributed by atoms with van der Waals surface area (Å²) in [7, 11) is 0. The van der Waals surface area contributed by atoms with Gasteiger partial charge in [0, 0.05) is 17.6 Å². The van der Waals surface area contributed by atoms with E-state index in [4.69, 9.17) is 0 Å². The van der Waals surface area contributed by atoms with Crippen LogP contribution >= 0.6 is 0 Å². The molecule has 106 valence electrons. The first kappa shape index (κ1) is 14.6. The second-order valence-corrected chi connectivity index (χ2v) is 5.32. The molecule has 2 heteroatoms. The maximum Gasteiger partial charge on any atom is 0.120 e. The van der Waals surface area contributed by atoms with Gasteiger partial charge in [0.2, 0.25) is 0 Å². The summed E-state index contributed by atoms with van der Waals surface area (Å²) in [4.78, 5) is 0. The summed E-state index contributed by atoms with van der Waals surface area (Å²) in [5.41, 5.74) is 3.51. The van der Waals surface area contributed by atoms with Crippen LogP contribution < -0.4 is 5.32 Å². The first-order valence-corrected chi connectivity index (χ1v) is 7.22. The molecule has 0 aromatic heterocycles. The highest BCUT2D eigenvalue weighted by Gasteiger charge is 2.16. The van der Waals surface area contributed by atoms with Crippen LogP contribution in [-0.4, -0.2) is 5.11 Å². The lowest BCUT2D eigenvalue weighted by Crippen LogP contribution is -2.24. The number of phenolic OH excluding ortho intramolecular Hbond substituents is 1. The third-order valence-electron chi connectivity index (χ3n) is 3.71. The van der Waals surface area contributed by atoms with Crippen molar-refractivity contribution in [3.8, 4) is 5.75 Å². The minimum atomic E-state index is 0.159. The van der Waals surface area contributed by atoms with Gasteiger partial charge in [0.25, 0.3) is 0 Å². The summed E-state index contributed by atoms with van der Waals surface area (Å²) in [5.74, 6) is 0.364. The molecule has 0 bridgehead atoms. The summed E-state index contributed by atoms with van der Waals surface area (Å²) < 4.78 is 0. The van der Waals surface area contributed by atoms with E-state index in [1.807, 2.05) is 18.2 Å². The molecule has 20 heavy (non-hydrogen) atoms. The van der Waals surface area contributed by atoms with E-state index in [1.54, 1.807) is 6.07 Å². The Bertz CT molecular complexity index is 565. The van der Waals surface area contributed by atoms with E-state index in [-0.39, 0.29) is 12.1 Å². The van der Waals surface area contributed by atoms with Crippen molar-refractivity contribution in [2.75, 3.05) is 0 Å². The lowest BCUT2D eigenvalue weighted by atomic mass is 10.00. The zero-order valence-corrected chi connectivity index (χ0v) is 12.4. The molecule has 0 heterocycles. The molecule has 1 unspecified atom stereocenters. The van der Waals surface area contributed by atoms with E-state index in [1.165, 1.54) is 11.1 Å². The van der Waals surface area contributed by atoms with Crippen molar-refractivity contribution < 1.29 is 5.11 Å². The molecule has 0 saturated carbocycles. The average molecular weight is 269 g/mol. The molecule has 0 fully saturated rings. The number of para-hydroxylation sites is 1. The Balaban J connectivity index is 2.16. The highest BCUT2D eigenvalue weighted by molar-refractivity contribution is 5.35. The van der Waals surface area contributed by atoms with Gasteiger partial charge in [0.1, 0.15) is 5.75 Å². The molecule has 0 aliphatic heterocycles. The summed E-state index contributed by atoms with van der Waals surface area (Å²) in [6.45, 7) is 6.40. The van der Waals surface area contributed by atoms with Crippen LogP contribution in [0.4, 0.5) is 0 Å². The number of benzene rings is 2. The Hall–Kier alpha value is -1.80. The Labute approximate surface area is 121 Å². The topological polar surface area (TPSA) is 32.3 Å². The maximum absolute atomic E-state index is 10.00. The number of aromatic hydroxyl groups is 1. The lowest BCUT2D eigenvalue weighted by molar-refractivity contribution is 0.419. The highest BCUT2D eigenvalue weighted by Crippen LogP contribution is 2.28. The molecule has 0 saturated heterocycles. The molecule has 0 aliphatic carbocycles. The predicted octanol–water partition coefficient (Wildman–Crippen LogP) is 4.50. The van der Waals surface area contributed by atoms with Crippen LogP contribution in [0.1, 0.15) is 49.0 Å². The Morgan fingerprint density at radius 2 is 1.85 bits per heavy atom. The van der Waals surface area contributed by atoms with Crippen LogP contribution in [0.3, 0.4) is 0 Å². The minimum absolute atomic E-state index is 0.159. The molecular weight excluding hydrogens is 246 g/mol. The normalized spacial score (nSPS) is 13.9. The quantitative estimate of drug-likeness (QED) is 0.837. The molecule has 2 atom stereocenters. The van der Waals surface area contributed by atoms with Gasteiger partial charge in [-0.2, -0.15) is 0 Å². The second kappa shape index (κ2) is 6.58. The molecule has 2 aromatic rings. The van der Waals surface area contributed by atoms with Crippen molar-refractivity contribution in [3.05, 3.63) is 65.2 Å². The van der Waals surface area contributed by atoms with Crippen molar-refractivity contribution in [2.24, 2.45) is 0 Å². The fourth-order valence-electron chi connectivity index (χ4n) is 2.55. The fraction of sp³-hybridized carbons (Fsp3) is 0.333. The Kier molecular flexibility index (Phi) is 4.80. The van der Waals surface area contributed by atoms with Crippen molar-refractivity contribution >= 4 is 0 Å². The van der Waals surface area contributed by atoms with Gasteiger partial charge in [-0.3, -0.25) is 0 Å². The summed E-state index contributed by atoms with van der Waals surface area (Å²) in [6.07, 6.45) is 0.938. The summed E-state index contributed by atoms with van der Waals surface area (Å²) in [6, 6.07) is 16.5. The standard InChI is InChI=1S/C18H23NO/c1-4-17(16-10-5-6-11-18(16)20)19-14(3)15-9-7-8-13(2)12-15/h5-12,14,17,19-20H,4H2,1-3H3/t14-,17?/m0/s1. The number of hydrogen-bond donors (Lipinski definition) is 2. The van der Waals surface area contributed by atoms with Crippen LogP contribution in [0, 0.1) is 6.92 Å². The molecule has 0 amide bonds. The van der Waals surface area contributed by atoms with Gasteiger partial charge in [-0.15, -0.1) is 0 Å².